The van der Waals surface area contributed by atoms with Gasteiger partial charge in [-0.05, 0) is 5.92 Å². The van der Waals surface area contributed by atoms with Crippen LogP contribution in [0, 0.1) is 11.8 Å². The molecule has 3 rings (SSSR count). The molecule has 3 heterocycles. The van der Waals surface area contributed by atoms with Crippen LogP contribution in [0.3, 0.4) is 0 Å². The van der Waals surface area contributed by atoms with Gasteiger partial charge in [0.05, 0.1) is 5.92 Å². The molecular weight excluding hydrogens is 480 g/mol. The highest BCUT2D eigenvalue weighted by molar-refractivity contribution is 5.92. The molecule has 0 saturated carbocycles. The molecule has 14 heteroatoms. The van der Waals surface area contributed by atoms with E-state index in [1.165, 1.54) is 12.3 Å². The molecule has 0 unspecified atom stereocenters. The first-order chi connectivity index (χ1) is 17.0. The molecule has 14 nitrogen and oxygen atoms in total. The zero-order chi connectivity index (χ0) is 26.6. The normalized spacial score (nSPS) is 25.2. The Bertz CT molecular complexity index is 1100. The van der Waals surface area contributed by atoms with Crippen LogP contribution < -0.4 is 16.9 Å². The number of rotatable bonds is 8. The molecule has 3 N–H and O–H groups in total. The number of esters is 3. The fourth-order valence-corrected chi connectivity index (χ4v) is 3.23. The van der Waals surface area contributed by atoms with E-state index in [9.17, 15) is 24.0 Å². The van der Waals surface area contributed by atoms with Crippen LogP contribution >= 0.6 is 0 Å². The summed E-state index contributed by atoms with van der Waals surface area (Å²) in [6.07, 6.45) is -1.84. The van der Waals surface area contributed by atoms with E-state index in [4.69, 9.17) is 29.5 Å². The smallest absolute Gasteiger partial charge is 0.351 e. The lowest BCUT2D eigenvalue weighted by atomic mass is 10.1. The molecule has 1 aromatic heterocycles. The lowest BCUT2D eigenvalue weighted by molar-refractivity contribution is -0.165. The number of carbonyl (C=O) groups is 4. The van der Waals surface area contributed by atoms with Crippen molar-refractivity contribution in [2.45, 2.75) is 58.3 Å². The predicted molar refractivity (Wildman–Crippen MR) is 120 cm³/mol. The molecule has 0 aromatic carbocycles. The van der Waals surface area contributed by atoms with E-state index in [0.29, 0.717) is 0 Å². The molecule has 2 aliphatic heterocycles. The molecular formula is C22H28N4O10. The van der Waals surface area contributed by atoms with Crippen LogP contribution in [-0.4, -0.2) is 64.4 Å². The Labute approximate surface area is 205 Å². The number of hydrogen-bond donors (Lipinski definition) is 2. The van der Waals surface area contributed by atoms with Gasteiger partial charge < -0.3 is 29.5 Å². The van der Waals surface area contributed by atoms with E-state index >= 15 is 0 Å². The summed E-state index contributed by atoms with van der Waals surface area (Å²) in [7, 11) is 0. The lowest BCUT2D eigenvalue weighted by Crippen LogP contribution is -2.44. The van der Waals surface area contributed by atoms with Gasteiger partial charge in [0.25, 0.3) is 0 Å². The van der Waals surface area contributed by atoms with Crippen molar-refractivity contribution in [2.75, 3.05) is 12.1 Å². The van der Waals surface area contributed by atoms with Crippen molar-refractivity contribution in [3.05, 3.63) is 34.9 Å². The number of nitrogens with one attached hydrogen (secondary N) is 1. The Morgan fingerprint density at radius 2 is 1.72 bits per heavy atom. The Balaban J connectivity index is 1.84. The topological polar surface area (TPSA) is 187 Å². The largest absolute Gasteiger partial charge is 0.462 e. The van der Waals surface area contributed by atoms with Gasteiger partial charge in [-0.1, -0.05) is 27.7 Å². The average molecular weight is 508 g/mol. The first kappa shape index (κ1) is 26.8. The highest BCUT2D eigenvalue weighted by Gasteiger charge is 2.51. The van der Waals surface area contributed by atoms with E-state index < -0.39 is 72.7 Å². The number of anilines is 1. The predicted octanol–water partition coefficient (Wildman–Crippen LogP) is -0.413. The van der Waals surface area contributed by atoms with Crippen LogP contribution in [0.2, 0.25) is 0 Å². The minimum atomic E-state index is -1.28. The second-order valence-electron chi connectivity index (χ2n) is 8.78. The van der Waals surface area contributed by atoms with Gasteiger partial charge in [-0.3, -0.25) is 9.36 Å². The zero-order valence-corrected chi connectivity index (χ0v) is 20.1. The maximum atomic E-state index is 12.7. The SMILES string of the molecule is CC(C)C(=O)ONc1ccn([C@@H]2O[C@H](COC(=O)[C@@H](N)C(C)C)[C@H]3OC(=O)/C=C\C(=O)O[C@H]32)c(=O)n1. The molecule has 0 radical (unpaired) electrons. The van der Waals surface area contributed by atoms with Crippen LogP contribution in [0.5, 0.6) is 0 Å². The van der Waals surface area contributed by atoms with Crippen molar-refractivity contribution in [2.24, 2.45) is 17.6 Å². The summed E-state index contributed by atoms with van der Waals surface area (Å²) in [6.45, 7) is 6.36. The highest BCUT2D eigenvalue weighted by atomic mass is 16.7. The molecule has 2 aliphatic rings. The number of carbonyl (C=O) groups excluding carboxylic acids is 4. The summed E-state index contributed by atoms with van der Waals surface area (Å²) in [6, 6.07) is 0.425. The van der Waals surface area contributed by atoms with E-state index in [2.05, 4.69) is 10.5 Å². The molecule has 1 aromatic rings. The van der Waals surface area contributed by atoms with E-state index in [0.717, 1.165) is 16.7 Å². The number of ether oxygens (including phenoxy) is 4. The van der Waals surface area contributed by atoms with Gasteiger partial charge in [0.2, 0.25) is 0 Å². The van der Waals surface area contributed by atoms with Crippen molar-refractivity contribution in [3.8, 4) is 0 Å². The Hall–Kier alpha value is -3.78. The van der Waals surface area contributed by atoms with Gasteiger partial charge in [-0.15, -0.1) is 0 Å². The number of hydrogen-bond acceptors (Lipinski definition) is 13. The second kappa shape index (κ2) is 11.3. The Morgan fingerprint density at radius 3 is 2.31 bits per heavy atom. The molecule has 1 saturated heterocycles. The van der Waals surface area contributed by atoms with Gasteiger partial charge in [0.15, 0.2) is 24.3 Å². The molecule has 5 atom stereocenters. The molecule has 0 aliphatic carbocycles. The number of nitrogens with two attached hydrogens (primary N) is 1. The van der Waals surface area contributed by atoms with Crippen LogP contribution in [-0.2, 0) is 43.0 Å². The molecule has 36 heavy (non-hydrogen) atoms. The maximum Gasteiger partial charge on any atom is 0.351 e. The van der Waals surface area contributed by atoms with Crippen molar-refractivity contribution in [1.29, 1.82) is 0 Å². The molecule has 1 fully saturated rings. The summed E-state index contributed by atoms with van der Waals surface area (Å²) >= 11 is 0. The Morgan fingerprint density at radius 1 is 1.08 bits per heavy atom. The van der Waals surface area contributed by atoms with E-state index in [1.54, 1.807) is 27.7 Å². The molecule has 0 spiro atoms. The minimum absolute atomic E-state index is 0.0584. The van der Waals surface area contributed by atoms with Crippen molar-refractivity contribution in [1.82, 2.24) is 9.55 Å². The summed E-state index contributed by atoms with van der Waals surface area (Å²) in [4.78, 5) is 69.5. The maximum absolute atomic E-state index is 12.7. The molecule has 196 valence electrons. The highest BCUT2D eigenvalue weighted by Crippen LogP contribution is 2.34. The summed E-state index contributed by atoms with van der Waals surface area (Å²) in [5, 5.41) is 0. The lowest BCUT2D eigenvalue weighted by Gasteiger charge is -2.25. The van der Waals surface area contributed by atoms with Crippen molar-refractivity contribution in [3.63, 3.8) is 0 Å². The van der Waals surface area contributed by atoms with E-state index in [-0.39, 0.29) is 11.7 Å². The van der Waals surface area contributed by atoms with Crippen molar-refractivity contribution < 1.29 is 43.0 Å². The van der Waals surface area contributed by atoms with Crippen molar-refractivity contribution >= 4 is 29.7 Å². The molecule has 0 amide bonds. The fraction of sp³-hybridized carbons (Fsp3) is 0.545. The average Bonchev–Trinajstić information content (AvgIpc) is 3.13. The summed E-state index contributed by atoms with van der Waals surface area (Å²) in [5.41, 5.74) is 7.23. The van der Waals surface area contributed by atoms with Crippen LogP contribution in [0.25, 0.3) is 0 Å². The number of fused-ring (bicyclic) bond motifs is 1. The second-order valence-corrected chi connectivity index (χ2v) is 8.78. The van der Waals surface area contributed by atoms with Crippen LogP contribution in [0.4, 0.5) is 5.82 Å². The van der Waals surface area contributed by atoms with Gasteiger partial charge >= 0.3 is 29.6 Å². The zero-order valence-electron chi connectivity index (χ0n) is 20.1. The van der Waals surface area contributed by atoms with Crippen LogP contribution in [0.1, 0.15) is 33.9 Å². The molecule has 0 bridgehead atoms. The fourth-order valence-electron chi connectivity index (χ4n) is 3.23. The standard InChI is InChI=1S/C22H28N4O10/c1-10(2)16(23)21(30)32-9-12-17-18(35-15(28)6-5-14(27)34-17)19(33-12)26-8-7-13(24-22(26)31)25-36-20(29)11(3)4/h5-8,10-12,16-19H,9,23H2,1-4H3,(H,24,25,31)/b6-5-/t12-,16+,17-,18-,19-/m1/s1. The first-order valence-corrected chi connectivity index (χ1v) is 11.2. The summed E-state index contributed by atoms with van der Waals surface area (Å²) < 4.78 is 22.8. The summed E-state index contributed by atoms with van der Waals surface area (Å²) in [5.74, 6) is -3.63. The first-order valence-electron chi connectivity index (χ1n) is 11.2. The van der Waals surface area contributed by atoms with Gasteiger partial charge in [0.1, 0.15) is 18.8 Å². The number of aromatic nitrogens is 2. The minimum Gasteiger partial charge on any atom is -0.462 e. The Kier molecular flexibility index (Phi) is 8.42. The van der Waals surface area contributed by atoms with Gasteiger partial charge in [-0.2, -0.15) is 4.98 Å². The number of nitrogens with zero attached hydrogens (tertiary/aromatic N) is 2. The van der Waals surface area contributed by atoms with E-state index in [1.807, 2.05) is 0 Å². The third-order valence-electron chi connectivity index (χ3n) is 5.36. The monoisotopic (exact) mass is 508 g/mol. The third kappa shape index (κ3) is 6.26. The van der Waals surface area contributed by atoms with Gasteiger partial charge in [0, 0.05) is 24.4 Å². The quantitative estimate of drug-likeness (QED) is 0.262. The van der Waals surface area contributed by atoms with Gasteiger partial charge in [-0.25, -0.2) is 24.7 Å². The third-order valence-corrected chi connectivity index (χ3v) is 5.36. The van der Waals surface area contributed by atoms with Crippen LogP contribution in [0.15, 0.2) is 29.2 Å².